The molecule has 1 N–H and O–H groups in total. The summed E-state index contributed by atoms with van der Waals surface area (Å²) in [4.78, 5) is 0. The average Bonchev–Trinajstić information content (AvgIpc) is 2.86. The van der Waals surface area contributed by atoms with E-state index in [4.69, 9.17) is 28.4 Å². The van der Waals surface area contributed by atoms with Crippen molar-refractivity contribution < 1.29 is 33.5 Å². The van der Waals surface area contributed by atoms with E-state index in [1.807, 2.05) is 30.4 Å². The number of aliphatic hydroxyl groups excluding tert-OH is 1. The van der Waals surface area contributed by atoms with Gasteiger partial charge in [0.05, 0.1) is 13.2 Å². The van der Waals surface area contributed by atoms with Crippen LogP contribution in [0, 0.1) is 11.3 Å². The molecule has 0 radical (unpaired) electrons. The zero-order valence-electron chi connectivity index (χ0n) is 22.1. The van der Waals surface area contributed by atoms with Crippen molar-refractivity contribution >= 4 is 12.2 Å². The Bertz CT molecular complexity index is 1070. The van der Waals surface area contributed by atoms with E-state index >= 15 is 0 Å². The Morgan fingerprint density at radius 2 is 1.53 bits per heavy atom. The smallest absolute Gasteiger partial charge is 0.188 e. The van der Waals surface area contributed by atoms with Crippen molar-refractivity contribution in [2.24, 2.45) is 11.3 Å². The van der Waals surface area contributed by atoms with E-state index in [1.165, 1.54) is 0 Å². The molecule has 1 aliphatic heterocycles. The van der Waals surface area contributed by atoms with Crippen LogP contribution in [0.2, 0.25) is 0 Å². The molecule has 0 amide bonds. The Hall–Kier alpha value is -2.74. The summed E-state index contributed by atoms with van der Waals surface area (Å²) < 4.78 is 33.7. The molecular weight excluding hydrogens is 460 g/mol. The third kappa shape index (κ3) is 5.33. The first kappa shape index (κ1) is 26.3. The SMILES string of the molecule is COCOc1cc(C=Cc2cc3c(c(OC)c2)O[C@]2(C)CC[C@@H](O)C(C)(C)[C@H]2C3)cc(OCOC)c1. The first-order valence-electron chi connectivity index (χ1n) is 12.3. The number of benzene rings is 2. The number of aliphatic hydroxyl groups is 1. The second-order valence-corrected chi connectivity index (χ2v) is 10.4. The lowest BCUT2D eigenvalue weighted by molar-refractivity contribution is -0.138. The first-order valence-corrected chi connectivity index (χ1v) is 12.3. The molecule has 4 rings (SSSR count). The monoisotopic (exact) mass is 498 g/mol. The molecule has 2 aliphatic rings. The van der Waals surface area contributed by atoms with Gasteiger partial charge in [-0.3, -0.25) is 0 Å². The Labute approximate surface area is 213 Å². The molecule has 0 bridgehead atoms. The van der Waals surface area contributed by atoms with Crippen molar-refractivity contribution in [3.63, 3.8) is 0 Å². The summed E-state index contributed by atoms with van der Waals surface area (Å²) in [5, 5.41) is 10.7. The maximum absolute atomic E-state index is 10.7. The molecule has 3 atom stereocenters. The minimum Gasteiger partial charge on any atom is -0.493 e. The van der Waals surface area contributed by atoms with Crippen LogP contribution in [-0.2, 0) is 15.9 Å². The summed E-state index contributed by atoms with van der Waals surface area (Å²) in [6.07, 6.45) is 6.08. The zero-order valence-corrected chi connectivity index (χ0v) is 22.1. The maximum Gasteiger partial charge on any atom is 0.188 e. The minimum absolute atomic E-state index is 0.143. The lowest BCUT2D eigenvalue weighted by Crippen LogP contribution is -2.58. The summed E-state index contributed by atoms with van der Waals surface area (Å²) in [6.45, 7) is 6.76. The van der Waals surface area contributed by atoms with Gasteiger partial charge >= 0.3 is 0 Å². The topological polar surface area (TPSA) is 75.6 Å². The van der Waals surface area contributed by atoms with E-state index in [1.54, 1.807) is 27.4 Å². The molecule has 1 fully saturated rings. The minimum atomic E-state index is -0.340. The number of ether oxygens (including phenoxy) is 6. The van der Waals surface area contributed by atoms with E-state index < -0.39 is 0 Å². The highest BCUT2D eigenvalue weighted by atomic mass is 16.7. The largest absolute Gasteiger partial charge is 0.493 e. The van der Waals surface area contributed by atoms with Crippen LogP contribution in [0.1, 0.15) is 50.3 Å². The normalized spacial score (nSPS) is 24.5. The third-order valence-corrected chi connectivity index (χ3v) is 7.60. The second-order valence-electron chi connectivity index (χ2n) is 10.4. The fourth-order valence-electron chi connectivity index (χ4n) is 5.54. The summed E-state index contributed by atoms with van der Waals surface area (Å²) >= 11 is 0. The number of hydrogen-bond acceptors (Lipinski definition) is 7. The highest BCUT2D eigenvalue weighted by Crippen LogP contribution is 2.54. The van der Waals surface area contributed by atoms with Gasteiger partial charge in [-0.2, -0.15) is 0 Å². The van der Waals surface area contributed by atoms with Crippen LogP contribution < -0.4 is 18.9 Å². The van der Waals surface area contributed by atoms with Gasteiger partial charge in [0.1, 0.15) is 17.1 Å². The molecule has 196 valence electrons. The van der Waals surface area contributed by atoms with Gasteiger partial charge in [0.15, 0.2) is 25.1 Å². The summed E-state index contributed by atoms with van der Waals surface area (Å²) in [7, 11) is 4.83. The van der Waals surface area contributed by atoms with Gasteiger partial charge in [0.2, 0.25) is 0 Å². The van der Waals surface area contributed by atoms with Gasteiger partial charge in [0.25, 0.3) is 0 Å². The highest BCUT2D eigenvalue weighted by Gasteiger charge is 2.54. The van der Waals surface area contributed by atoms with Gasteiger partial charge in [-0.1, -0.05) is 26.0 Å². The van der Waals surface area contributed by atoms with Crippen molar-refractivity contribution in [3.8, 4) is 23.0 Å². The predicted octanol–water partition coefficient (Wildman–Crippen LogP) is 5.32. The molecule has 1 saturated carbocycles. The van der Waals surface area contributed by atoms with Crippen LogP contribution in [0.15, 0.2) is 30.3 Å². The Balaban J connectivity index is 1.65. The number of rotatable bonds is 9. The van der Waals surface area contributed by atoms with Crippen LogP contribution >= 0.6 is 0 Å². The zero-order chi connectivity index (χ0) is 25.9. The van der Waals surface area contributed by atoms with Gasteiger partial charge in [-0.15, -0.1) is 0 Å². The highest BCUT2D eigenvalue weighted by molar-refractivity contribution is 5.73. The van der Waals surface area contributed by atoms with Crippen LogP contribution in [0.25, 0.3) is 12.2 Å². The maximum atomic E-state index is 10.7. The third-order valence-electron chi connectivity index (χ3n) is 7.60. The van der Waals surface area contributed by atoms with E-state index in [9.17, 15) is 5.11 Å². The lowest BCUT2D eigenvalue weighted by atomic mass is 9.57. The molecule has 36 heavy (non-hydrogen) atoms. The molecule has 0 spiro atoms. The molecule has 7 nitrogen and oxygen atoms in total. The molecule has 7 heteroatoms. The fraction of sp³-hybridized carbons (Fsp3) is 0.517. The van der Waals surface area contributed by atoms with E-state index in [-0.39, 0.29) is 36.6 Å². The summed E-state index contributed by atoms with van der Waals surface area (Å²) in [5.74, 6) is 3.00. The van der Waals surface area contributed by atoms with E-state index in [0.717, 1.165) is 47.5 Å². The quantitative estimate of drug-likeness (QED) is 0.370. The number of hydrogen-bond donors (Lipinski definition) is 1. The van der Waals surface area contributed by atoms with Crippen LogP contribution in [-0.4, -0.2) is 51.7 Å². The van der Waals surface area contributed by atoms with E-state index in [2.05, 4.69) is 26.8 Å². The average molecular weight is 499 g/mol. The van der Waals surface area contributed by atoms with Crippen LogP contribution in [0.5, 0.6) is 23.0 Å². The summed E-state index contributed by atoms with van der Waals surface area (Å²) in [5.41, 5.74) is 2.42. The van der Waals surface area contributed by atoms with Gasteiger partial charge in [-0.05, 0) is 72.6 Å². The second kappa shape index (κ2) is 10.7. The summed E-state index contributed by atoms with van der Waals surface area (Å²) in [6, 6.07) is 9.79. The van der Waals surface area contributed by atoms with E-state index in [0.29, 0.717) is 11.5 Å². The molecule has 0 saturated heterocycles. The standard InChI is InChI=1S/C29H38O7/c1-28(2)25-15-21-11-19(14-24(33-6)27(21)36-29(25,3)10-9-26(28)30)7-8-20-12-22(34-17-31-4)16-23(13-20)35-18-32-5/h7-8,11-14,16,25-26,30H,9-10,15,17-18H2,1-6H3/t25-,26-,29-/m1/s1. The lowest BCUT2D eigenvalue weighted by Gasteiger charge is -2.55. The van der Waals surface area contributed by atoms with Crippen molar-refractivity contribution in [1.29, 1.82) is 0 Å². The molecule has 2 aromatic carbocycles. The molecular formula is C29H38O7. The van der Waals surface area contributed by atoms with Crippen LogP contribution in [0.3, 0.4) is 0 Å². The van der Waals surface area contributed by atoms with Crippen LogP contribution in [0.4, 0.5) is 0 Å². The molecule has 2 aromatic rings. The Morgan fingerprint density at radius 3 is 2.11 bits per heavy atom. The van der Waals surface area contributed by atoms with Gasteiger partial charge in [-0.25, -0.2) is 0 Å². The predicted molar refractivity (Wildman–Crippen MR) is 139 cm³/mol. The Morgan fingerprint density at radius 1 is 0.917 bits per heavy atom. The molecule has 1 heterocycles. The van der Waals surface area contributed by atoms with Crippen molar-refractivity contribution in [1.82, 2.24) is 0 Å². The first-order chi connectivity index (χ1) is 17.2. The molecule has 0 unspecified atom stereocenters. The Kier molecular flexibility index (Phi) is 7.83. The molecule has 0 aromatic heterocycles. The fourth-order valence-corrected chi connectivity index (χ4v) is 5.54. The van der Waals surface area contributed by atoms with Crippen molar-refractivity contribution in [2.45, 2.75) is 51.7 Å². The number of methoxy groups -OCH3 is 3. The van der Waals surface area contributed by atoms with Crippen molar-refractivity contribution in [3.05, 3.63) is 47.0 Å². The van der Waals surface area contributed by atoms with Crippen molar-refractivity contribution in [2.75, 3.05) is 34.9 Å². The van der Waals surface area contributed by atoms with Gasteiger partial charge in [0, 0.05) is 26.2 Å². The molecule has 1 aliphatic carbocycles. The van der Waals surface area contributed by atoms with Gasteiger partial charge < -0.3 is 33.5 Å². The number of fused-ring (bicyclic) bond motifs is 2.